The molecule has 1 heterocycles. The molecule has 0 spiro atoms. The fourth-order valence-electron chi connectivity index (χ4n) is 2.75. The molecule has 0 unspecified atom stereocenters. The molecule has 1 amide bonds. The zero-order chi connectivity index (χ0) is 21.5. The summed E-state index contributed by atoms with van der Waals surface area (Å²) in [6.07, 6.45) is 0.345. The Bertz CT molecular complexity index is 1040. The van der Waals surface area contributed by atoms with Crippen LogP contribution in [0.25, 0.3) is 0 Å². The number of halogens is 1. The molecule has 6 nitrogen and oxygen atoms in total. The van der Waals surface area contributed by atoms with E-state index in [1.807, 2.05) is 13.0 Å². The molecule has 0 aliphatic carbocycles. The van der Waals surface area contributed by atoms with E-state index in [9.17, 15) is 9.59 Å². The molecule has 3 aromatic rings. The van der Waals surface area contributed by atoms with Crippen LogP contribution in [0.3, 0.4) is 0 Å². The van der Waals surface area contributed by atoms with E-state index in [0.29, 0.717) is 22.9 Å². The van der Waals surface area contributed by atoms with Gasteiger partial charge in [0.2, 0.25) is 12.0 Å². The summed E-state index contributed by atoms with van der Waals surface area (Å²) in [5.74, 6) is -1.06. The first-order valence-electron chi connectivity index (χ1n) is 9.40. The number of rotatable bonds is 7. The average molecular weight is 425 g/mol. The molecule has 0 saturated carbocycles. The number of benzene rings is 2. The lowest BCUT2D eigenvalue weighted by Gasteiger charge is -2.19. The first-order valence-corrected chi connectivity index (χ1v) is 9.78. The van der Waals surface area contributed by atoms with Crippen LogP contribution in [-0.2, 0) is 9.53 Å². The molecule has 0 bridgehead atoms. The molecule has 0 radical (unpaired) electrons. The van der Waals surface area contributed by atoms with Crippen LogP contribution in [0.4, 0.5) is 5.69 Å². The van der Waals surface area contributed by atoms with Crippen LogP contribution in [0.5, 0.6) is 5.88 Å². The van der Waals surface area contributed by atoms with Gasteiger partial charge in [-0.3, -0.25) is 4.79 Å². The molecule has 30 heavy (non-hydrogen) atoms. The summed E-state index contributed by atoms with van der Waals surface area (Å²) >= 11 is 6.15. The topological polar surface area (TPSA) is 77.5 Å². The monoisotopic (exact) mass is 424 g/mol. The van der Waals surface area contributed by atoms with Gasteiger partial charge >= 0.3 is 5.97 Å². The molecule has 1 atom stereocenters. The van der Waals surface area contributed by atoms with E-state index in [0.717, 1.165) is 5.56 Å². The number of hydrogen-bond acceptors (Lipinski definition) is 5. The number of ether oxygens (including phenoxy) is 2. The van der Waals surface area contributed by atoms with Gasteiger partial charge in [0.15, 0.2) is 0 Å². The molecule has 2 aromatic carbocycles. The van der Waals surface area contributed by atoms with Gasteiger partial charge in [0.25, 0.3) is 5.91 Å². The molecule has 0 aliphatic heterocycles. The van der Waals surface area contributed by atoms with Crippen LogP contribution in [0, 0.1) is 6.92 Å². The number of pyridine rings is 1. The van der Waals surface area contributed by atoms with Gasteiger partial charge < -0.3 is 14.8 Å². The van der Waals surface area contributed by atoms with Gasteiger partial charge in [-0.25, -0.2) is 9.78 Å². The van der Waals surface area contributed by atoms with Crippen molar-refractivity contribution in [2.45, 2.75) is 20.0 Å². The van der Waals surface area contributed by atoms with Crippen LogP contribution in [0.1, 0.15) is 34.5 Å². The number of anilines is 1. The Morgan fingerprint density at radius 3 is 2.57 bits per heavy atom. The summed E-state index contributed by atoms with van der Waals surface area (Å²) < 4.78 is 11.0. The molecule has 154 valence electrons. The van der Waals surface area contributed by atoms with Gasteiger partial charge in [-0.05, 0) is 43.7 Å². The zero-order valence-electron chi connectivity index (χ0n) is 16.6. The van der Waals surface area contributed by atoms with Crippen molar-refractivity contribution in [3.8, 4) is 5.88 Å². The van der Waals surface area contributed by atoms with Crippen molar-refractivity contribution in [2.75, 3.05) is 11.9 Å². The summed E-state index contributed by atoms with van der Waals surface area (Å²) in [5, 5.41) is 3.28. The van der Waals surface area contributed by atoms with Gasteiger partial charge in [0.05, 0.1) is 6.61 Å². The van der Waals surface area contributed by atoms with E-state index in [-0.39, 0.29) is 11.4 Å². The van der Waals surface area contributed by atoms with Crippen LogP contribution in [0.2, 0.25) is 5.02 Å². The first-order chi connectivity index (χ1) is 14.5. The molecule has 0 saturated heterocycles. The Balaban J connectivity index is 1.87. The summed E-state index contributed by atoms with van der Waals surface area (Å²) in [5.41, 5.74) is 2.07. The second-order valence-corrected chi connectivity index (χ2v) is 6.85. The summed E-state index contributed by atoms with van der Waals surface area (Å²) in [6.45, 7) is 4.00. The van der Waals surface area contributed by atoms with Crippen molar-refractivity contribution in [3.05, 3.63) is 88.6 Å². The number of carbonyl (C=O) groups excluding carboxylic acids is 2. The Hall–Kier alpha value is -3.38. The fraction of sp³-hybridized carbons (Fsp3) is 0.174. The van der Waals surface area contributed by atoms with Gasteiger partial charge in [-0.15, -0.1) is 0 Å². The fourth-order valence-corrected chi connectivity index (χ4v) is 2.93. The van der Waals surface area contributed by atoms with E-state index in [1.54, 1.807) is 61.5 Å². The predicted molar refractivity (Wildman–Crippen MR) is 115 cm³/mol. The van der Waals surface area contributed by atoms with Crippen molar-refractivity contribution < 1.29 is 19.1 Å². The number of esters is 1. The van der Waals surface area contributed by atoms with Crippen molar-refractivity contribution in [2.24, 2.45) is 0 Å². The van der Waals surface area contributed by atoms with Crippen molar-refractivity contribution in [3.63, 3.8) is 0 Å². The Kier molecular flexibility index (Phi) is 7.03. The maximum Gasteiger partial charge on any atom is 0.344 e. The third-order valence-electron chi connectivity index (χ3n) is 4.28. The molecule has 0 aliphatic rings. The first kappa shape index (κ1) is 21.3. The minimum absolute atomic E-state index is 0.145. The lowest BCUT2D eigenvalue weighted by Crippen LogP contribution is -2.26. The number of hydrogen-bond donors (Lipinski definition) is 1. The molecule has 1 aromatic heterocycles. The SMILES string of the molecule is CCOc1ncccc1C(=O)O[C@H](C(=O)Nc1ccc(C)c(Cl)c1)c1ccccc1. The Morgan fingerprint density at radius 1 is 1.10 bits per heavy atom. The molecule has 0 fully saturated rings. The minimum Gasteiger partial charge on any atom is -0.477 e. The second-order valence-electron chi connectivity index (χ2n) is 6.44. The largest absolute Gasteiger partial charge is 0.477 e. The standard InChI is InChI=1S/C23H21ClN2O4/c1-3-29-22-18(10-7-13-25-22)23(28)30-20(16-8-5-4-6-9-16)21(27)26-17-12-11-15(2)19(24)14-17/h4-14,20H,3H2,1-2H3,(H,26,27)/t20-/m0/s1. The van der Waals surface area contributed by atoms with Crippen LogP contribution in [0.15, 0.2) is 66.9 Å². The second kappa shape index (κ2) is 9.89. The molecule has 1 N–H and O–H groups in total. The third-order valence-corrected chi connectivity index (χ3v) is 4.68. The highest BCUT2D eigenvalue weighted by molar-refractivity contribution is 6.31. The van der Waals surface area contributed by atoms with Gasteiger partial charge in [-0.1, -0.05) is 48.0 Å². The van der Waals surface area contributed by atoms with Crippen LogP contribution < -0.4 is 10.1 Å². The smallest absolute Gasteiger partial charge is 0.344 e. The summed E-state index contributed by atoms with van der Waals surface area (Å²) in [7, 11) is 0. The predicted octanol–water partition coefficient (Wildman–Crippen LogP) is 4.98. The number of aromatic nitrogens is 1. The number of aryl methyl sites for hydroxylation is 1. The van der Waals surface area contributed by atoms with Gasteiger partial charge in [-0.2, -0.15) is 0 Å². The van der Waals surface area contributed by atoms with E-state index >= 15 is 0 Å². The molecule has 3 rings (SSSR count). The van der Waals surface area contributed by atoms with Crippen LogP contribution >= 0.6 is 11.6 Å². The number of nitrogens with zero attached hydrogens (tertiary/aromatic N) is 1. The molecular weight excluding hydrogens is 404 g/mol. The quantitative estimate of drug-likeness (QED) is 0.541. The van der Waals surface area contributed by atoms with E-state index in [1.165, 1.54) is 6.20 Å². The Labute approximate surface area is 179 Å². The third kappa shape index (κ3) is 5.15. The highest BCUT2D eigenvalue weighted by Crippen LogP contribution is 2.25. The van der Waals surface area contributed by atoms with E-state index in [2.05, 4.69) is 10.3 Å². The lowest BCUT2D eigenvalue weighted by atomic mass is 10.1. The van der Waals surface area contributed by atoms with Crippen molar-refractivity contribution in [1.82, 2.24) is 4.98 Å². The maximum atomic E-state index is 13.0. The zero-order valence-corrected chi connectivity index (χ0v) is 17.3. The van der Waals surface area contributed by atoms with Crippen molar-refractivity contribution in [1.29, 1.82) is 0 Å². The molecule has 7 heteroatoms. The normalized spacial score (nSPS) is 11.4. The maximum absolute atomic E-state index is 13.0. The molecular formula is C23H21ClN2O4. The van der Waals surface area contributed by atoms with Crippen molar-refractivity contribution >= 4 is 29.2 Å². The highest BCUT2D eigenvalue weighted by atomic mass is 35.5. The van der Waals surface area contributed by atoms with E-state index < -0.39 is 18.0 Å². The summed E-state index contributed by atoms with van der Waals surface area (Å²) in [4.78, 5) is 29.9. The summed E-state index contributed by atoms with van der Waals surface area (Å²) in [6, 6.07) is 17.1. The van der Waals surface area contributed by atoms with Gasteiger partial charge in [0.1, 0.15) is 5.56 Å². The van der Waals surface area contributed by atoms with E-state index in [4.69, 9.17) is 21.1 Å². The minimum atomic E-state index is -1.17. The lowest BCUT2D eigenvalue weighted by molar-refractivity contribution is -0.125. The highest BCUT2D eigenvalue weighted by Gasteiger charge is 2.27. The Morgan fingerprint density at radius 2 is 1.87 bits per heavy atom. The number of nitrogens with one attached hydrogen (secondary N) is 1. The average Bonchev–Trinajstić information content (AvgIpc) is 2.75. The number of carbonyl (C=O) groups is 2. The van der Waals surface area contributed by atoms with Gasteiger partial charge in [0, 0.05) is 22.5 Å². The number of amides is 1. The van der Waals surface area contributed by atoms with Crippen LogP contribution in [-0.4, -0.2) is 23.5 Å².